The summed E-state index contributed by atoms with van der Waals surface area (Å²) in [5, 5.41) is 1.27. The Morgan fingerprint density at radius 1 is 1.29 bits per heavy atom. The predicted octanol–water partition coefficient (Wildman–Crippen LogP) is 3.87. The van der Waals surface area contributed by atoms with Gasteiger partial charge in [-0.1, -0.05) is 28.9 Å². The maximum Gasteiger partial charge on any atom is 0.0719 e. The second kappa shape index (κ2) is 3.70. The van der Waals surface area contributed by atoms with Gasteiger partial charge < -0.3 is 0 Å². The van der Waals surface area contributed by atoms with Crippen molar-refractivity contribution in [3.63, 3.8) is 0 Å². The SMILES string of the molecule is CCc1cc(C)nc2cc(Br)ccc12. The molecule has 72 valence electrons. The summed E-state index contributed by atoms with van der Waals surface area (Å²) in [4.78, 5) is 4.52. The van der Waals surface area contributed by atoms with Gasteiger partial charge in [-0.05, 0) is 37.1 Å². The highest BCUT2D eigenvalue weighted by Gasteiger charge is 2.02. The molecule has 0 spiro atoms. The number of benzene rings is 1. The molecule has 2 heteroatoms. The van der Waals surface area contributed by atoms with Crippen LogP contribution in [0.25, 0.3) is 10.9 Å². The molecule has 0 unspecified atom stereocenters. The lowest BCUT2D eigenvalue weighted by molar-refractivity contribution is 1.12. The summed E-state index contributed by atoms with van der Waals surface area (Å²) < 4.78 is 1.09. The lowest BCUT2D eigenvalue weighted by atomic mass is 10.1. The first-order valence-corrected chi connectivity index (χ1v) is 5.56. The van der Waals surface area contributed by atoms with E-state index in [2.05, 4.69) is 52.1 Å². The quantitative estimate of drug-likeness (QED) is 0.748. The minimum absolute atomic E-state index is 1.06. The first kappa shape index (κ1) is 9.66. The van der Waals surface area contributed by atoms with Gasteiger partial charge in [0.05, 0.1) is 5.52 Å². The molecule has 2 rings (SSSR count). The van der Waals surface area contributed by atoms with Crippen molar-refractivity contribution in [2.75, 3.05) is 0 Å². The van der Waals surface area contributed by atoms with Gasteiger partial charge >= 0.3 is 0 Å². The molecule has 0 atom stereocenters. The highest BCUT2D eigenvalue weighted by Crippen LogP contribution is 2.22. The van der Waals surface area contributed by atoms with Crippen LogP contribution in [0.1, 0.15) is 18.2 Å². The van der Waals surface area contributed by atoms with E-state index in [0.29, 0.717) is 0 Å². The number of pyridine rings is 1. The van der Waals surface area contributed by atoms with Crippen LogP contribution < -0.4 is 0 Å². The Hall–Kier alpha value is -0.890. The molecule has 0 bridgehead atoms. The monoisotopic (exact) mass is 249 g/mol. The minimum Gasteiger partial charge on any atom is -0.253 e. The van der Waals surface area contributed by atoms with Crippen LogP contribution in [0.5, 0.6) is 0 Å². The number of hydrogen-bond donors (Lipinski definition) is 0. The molecule has 1 aromatic carbocycles. The second-order valence-electron chi connectivity index (χ2n) is 3.44. The maximum absolute atomic E-state index is 4.52. The molecular weight excluding hydrogens is 238 g/mol. The zero-order valence-electron chi connectivity index (χ0n) is 8.34. The van der Waals surface area contributed by atoms with E-state index in [1.165, 1.54) is 10.9 Å². The normalized spacial score (nSPS) is 10.8. The summed E-state index contributed by atoms with van der Waals surface area (Å²) in [6, 6.07) is 8.43. The molecule has 0 aliphatic rings. The Morgan fingerprint density at radius 3 is 2.79 bits per heavy atom. The third-order valence-electron chi connectivity index (χ3n) is 2.37. The van der Waals surface area contributed by atoms with Crippen molar-refractivity contribution in [2.24, 2.45) is 0 Å². The Balaban J connectivity index is 2.81. The van der Waals surface area contributed by atoms with E-state index in [1.807, 2.05) is 6.92 Å². The fourth-order valence-electron chi connectivity index (χ4n) is 1.71. The molecule has 0 aliphatic carbocycles. The fourth-order valence-corrected chi connectivity index (χ4v) is 2.06. The van der Waals surface area contributed by atoms with Crippen LogP contribution in [-0.2, 0) is 6.42 Å². The maximum atomic E-state index is 4.52. The Kier molecular flexibility index (Phi) is 2.55. The summed E-state index contributed by atoms with van der Waals surface area (Å²) in [7, 11) is 0. The van der Waals surface area contributed by atoms with Crippen molar-refractivity contribution in [3.05, 3.63) is 40.0 Å². The molecular formula is C12H12BrN. The van der Waals surface area contributed by atoms with Crippen molar-refractivity contribution in [3.8, 4) is 0 Å². The first-order valence-electron chi connectivity index (χ1n) is 4.76. The molecule has 0 saturated heterocycles. The van der Waals surface area contributed by atoms with Gasteiger partial charge in [-0.25, -0.2) is 0 Å². The van der Waals surface area contributed by atoms with Gasteiger partial charge in [0.15, 0.2) is 0 Å². The standard InChI is InChI=1S/C12H12BrN/c1-3-9-6-8(2)14-12-7-10(13)4-5-11(9)12/h4-7H,3H2,1-2H3. The van der Waals surface area contributed by atoms with E-state index >= 15 is 0 Å². The van der Waals surface area contributed by atoms with E-state index in [9.17, 15) is 0 Å². The summed E-state index contributed by atoms with van der Waals surface area (Å²) in [5.74, 6) is 0. The molecule has 0 radical (unpaired) electrons. The van der Waals surface area contributed by atoms with Crippen molar-refractivity contribution in [1.82, 2.24) is 4.98 Å². The van der Waals surface area contributed by atoms with Gasteiger partial charge in [0.1, 0.15) is 0 Å². The van der Waals surface area contributed by atoms with Crippen LogP contribution in [-0.4, -0.2) is 4.98 Å². The zero-order valence-corrected chi connectivity index (χ0v) is 9.93. The number of aromatic nitrogens is 1. The minimum atomic E-state index is 1.06. The van der Waals surface area contributed by atoms with Crippen LogP contribution in [0.3, 0.4) is 0 Å². The van der Waals surface area contributed by atoms with E-state index in [4.69, 9.17) is 0 Å². The lowest BCUT2D eigenvalue weighted by Crippen LogP contribution is -1.90. The highest BCUT2D eigenvalue weighted by molar-refractivity contribution is 9.10. The number of hydrogen-bond acceptors (Lipinski definition) is 1. The van der Waals surface area contributed by atoms with Gasteiger partial charge in [-0.15, -0.1) is 0 Å². The highest BCUT2D eigenvalue weighted by atomic mass is 79.9. The lowest BCUT2D eigenvalue weighted by Gasteiger charge is -2.05. The molecule has 1 nitrogen and oxygen atoms in total. The molecule has 2 aromatic rings. The molecule has 0 saturated carbocycles. The molecule has 14 heavy (non-hydrogen) atoms. The average Bonchev–Trinajstić information content (AvgIpc) is 2.15. The van der Waals surface area contributed by atoms with E-state index in [1.54, 1.807) is 0 Å². The van der Waals surface area contributed by atoms with E-state index in [0.717, 1.165) is 22.1 Å². The molecule has 1 aromatic heterocycles. The van der Waals surface area contributed by atoms with Crippen molar-refractivity contribution >= 4 is 26.8 Å². The van der Waals surface area contributed by atoms with Crippen molar-refractivity contribution in [1.29, 1.82) is 0 Å². The van der Waals surface area contributed by atoms with Gasteiger partial charge in [0.2, 0.25) is 0 Å². The van der Waals surface area contributed by atoms with Crippen LogP contribution in [0.4, 0.5) is 0 Å². The number of aryl methyl sites for hydroxylation is 2. The molecule has 1 heterocycles. The van der Waals surface area contributed by atoms with Crippen LogP contribution in [0, 0.1) is 6.92 Å². The largest absolute Gasteiger partial charge is 0.253 e. The fraction of sp³-hybridized carbons (Fsp3) is 0.250. The van der Waals surface area contributed by atoms with Gasteiger partial charge in [-0.2, -0.15) is 0 Å². The van der Waals surface area contributed by atoms with E-state index < -0.39 is 0 Å². The number of fused-ring (bicyclic) bond motifs is 1. The van der Waals surface area contributed by atoms with Crippen LogP contribution >= 0.6 is 15.9 Å². The second-order valence-corrected chi connectivity index (χ2v) is 4.35. The topological polar surface area (TPSA) is 12.9 Å². The summed E-state index contributed by atoms with van der Waals surface area (Å²) >= 11 is 3.46. The molecule has 0 aliphatic heterocycles. The summed E-state index contributed by atoms with van der Waals surface area (Å²) in [5.41, 5.74) is 3.55. The third-order valence-corrected chi connectivity index (χ3v) is 2.86. The average molecular weight is 250 g/mol. The van der Waals surface area contributed by atoms with Gasteiger partial charge in [0.25, 0.3) is 0 Å². The first-order chi connectivity index (χ1) is 6.70. The molecule has 0 N–H and O–H groups in total. The smallest absolute Gasteiger partial charge is 0.0719 e. The summed E-state index contributed by atoms with van der Waals surface area (Å²) in [6.45, 7) is 4.22. The van der Waals surface area contributed by atoms with E-state index in [-0.39, 0.29) is 0 Å². The zero-order chi connectivity index (χ0) is 10.1. The number of nitrogens with zero attached hydrogens (tertiary/aromatic N) is 1. The number of halogens is 1. The van der Waals surface area contributed by atoms with Crippen LogP contribution in [0.15, 0.2) is 28.7 Å². The van der Waals surface area contributed by atoms with Crippen LogP contribution in [0.2, 0.25) is 0 Å². The molecule has 0 amide bonds. The van der Waals surface area contributed by atoms with Crippen molar-refractivity contribution in [2.45, 2.75) is 20.3 Å². The van der Waals surface area contributed by atoms with Gasteiger partial charge in [0, 0.05) is 15.6 Å². The number of rotatable bonds is 1. The summed E-state index contributed by atoms with van der Waals surface area (Å²) in [6.07, 6.45) is 1.06. The van der Waals surface area contributed by atoms with Gasteiger partial charge in [-0.3, -0.25) is 4.98 Å². The Labute approximate surface area is 92.3 Å². The third kappa shape index (κ3) is 1.67. The van der Waals surface area contributed by atoms with Crippen molar-refractivity contribution < 1.29 is 0 Å². The molecule has 0 fully saturated rings. The Morgan fingerprint density at radius 2 is 2.07 bits per heavy atom. The Bertz CT molecular complexity index is 472. The predicted molar refractivity (Wildman–Crippen MR) is 63.6 cm³/mol.